The van der Waals surface area contributed by atoms with E-state index in [0.29, 0.717) is 0 Å². The molecular weight excluding hydrogens is 220 g/mol. The molecule has 0 bridgehead atoms. The standard InChI is InChI=1S/C8H11BrN2O/c1-8(2)3-4-12-7-6(9)5-10-11(7)8/h5H,3-4H2,1-2H3. The number of hydrogen-bond donors (Lipinski definition) is 0. The summed E-state index contributed by atoms with van der Waals surface area (Å²) in [6, 6.07) is 0. The Kier molecular flexibility index (Phi) is 1.68. The third-order valence-corrected chi connectivity index (χ3v) is 2.75. The maximum Gasteiger partial charge on any atom is 0.227 e. The van der Waals surface area contributed by atoms with Crippen molar-refractivity contribution in [2.24, 2.45) is 0 Å². The molecule has 0 unspecified atom stereocenters. The number of ether oxygens (including phenoxy) is 1. The van der Waals surface area contributed by atoms with Gasteiger partial charge in [0.05, 0.1) is 22.8 Å². The largest absolute Gasteiger partial charge is 0.477 e. The van der Waals surface area contributed by atoms with Crippen LogP contribution in [0, 0.1) is 0 Å². The summed E-state index contributed by atoms with van der Waals surface area (Å²) in [5, 5.41) is 4.25. The fourth-order valence-electron chi connectivity index (χ4n) is 1.38. The normalized spacial score (nSPS) is 19.9. The molecule has 1 aliphatic rings. The SMILES string of the molecule is CC1(C)CCOc2c(Br)cnn21. The molecular formula is C8H11BrN2O. The van der Waals surface area contributed by atoms with Gasteiger partial charge in [-0.15, -0.1) is 0 Å². The van der Waals surface area contributed by atoms with Crippen LogP contribution in [0.5, 0.6) is 5.88 Å². The first kappa shape index (κ1) is 8.10. The fraction of sp³-hybridized carbons (Fsp3) is 0.625. The van der Waals surface area contributed by atoms with E-state index in [2.05, 4.69) is 34.9 Å². The molecule has 1 aromatic heterocycles. The van der Waals surface area contributed by atoms with E-state index in [1.54, 1.807) is 6.20 Å². The summed E-state index contributed by atoms with van der Waals surface area (Å²) in [4.78, 5) is 0. The predicted octanol–water partition coefficient (Wildman–Crippen LogP) is 2.16. The van der Waals surface area contributed by atoms with Crippen LogP contribution in [0.2, 0.25) is 0 Å². The summed E-state index contributed by atoms with van der Waals surface area (Å²) in [6.45, 7) is 5.11. The molecule has 1 aliphatic heterocycles. The van der Waals surface area contributed by atoms with Gasteiger partial charge in [0.15, 0.2) is 0 Å². The second-order valence-corrected chi connectivity index (χ2v) is 4.47. The highest BCUT2D eigenvalue weighted by molar-refractivity contribution is 9.10. The van der Waals surface area contributed by atoms with E-state index in [-0.39, 0.29) is 5.54 Å². The van der Waals surface area contributed by atoms with Crippen molar-refractivity contribution in [2.75, 3.05) is 6.61 Å². The van der Waals surface area contributed by atoms with Crippen LogP contribution in [-0.4, -0.2) is 16.4 Å². The van der Waals surface area contributed by atoms with Crippen molar-refractivity contribution in [3.63, 3.8) is 0 Å². The summed E-state index contributed by atoms with van der Waals surface area (Å²) >= 11 is 3.40. The van der Waals surface area contributed by atoms with Crippen LogP contribution in [0.3, 0.4) is 0 Å². The first-order valence-electron chi connectivity index (χ1n) is 3.98. The molecule has 3 nitrogen and oxygen atoms in total. The summed E-state index contributed by atoms with van der Waals surface area (Å²) in [5.74, 6) is 0.853. The quantitative estimate of drug-likeness (QED) is 0.684. The summed E-state index contributed by atoms with van der Waals surface area (Å²) in [7, 11) is 0. The topological polar surface area (TPSA) is 27.1 Å². The van der Waals surface area contributed by atoms with Gasteiger partial charge in [0.25, 0.3) is 0 Å². The lowest BCUT2D eigenvalue weighted by Crippen LogP contribution is -2.34. The van der Waals surface area contributed by atoms with Gasteiger partial charge in [-0.1, -0.05) is 0 Å². The molecule has 0 saturated carbocycles. The molecule has 0 saturated heterocycles. The minimum absolute atomic E-state index is 0.0829. The third-order valence-electron chi connectivity index (χ3n) is 2.21. The Morgan fingerprint density at radius 1 is 1.67 bits per heavy atom. The van der Waals surface area contributed by atoms with Crippen LogP contribution in [0.25, 0.3) is 0 Å². The number of aromatic nitrogens is 2. The zero-order valence-corrected chi connectivity index (χ0v) is 8.76. The second-order valence-electron chi connectivity index (χ2n) is 3.62. The van der Waals surface area contributed by atoms with Gasteiger partial charge in [0.2, 0.25) is 5.88 Å². The minimum Gasteiger partial charge on any atom is -0.477 e. The molecule has 12 heavy (non-hydrogen) atoms. The Hall–Kier alpha value is -0.510. The lowest BCUT2D eigenvalue weighted by atomic mass is 10.0. The molecule has 2 rings (SSSR count). The van der Waals surface area contributed by atoms with Gasteiger partial charge in [-0.25, -0.2) is 4.68 Å². The van der Waals surface area contributed by atoms with Crippen molar-refractivity contribution in [2.45, 2.75) is 25.8 Å². The second kappa shape index (κ2) is 2.49. The smallest absolute Gasteiger partial charge is 0.227 e. The molecule has 66 valence electrons. The summed E-state index contributed by atoms with van der Waals surface area (Å²) in [5.41, 5.74) is 0.0829. The molecule has 0 aliphatic carbocycles. The highest BCUT2D eigenvalue weighted by atomic mass is 79.9. The Morgan fingerprint density at radius 3 is 3.08 bits per heavy atom. The van der Waals surface area contributed by atoms with Gasteiger partial charge in [-0.05, 0) is 29.8 Å². The molecule has 0 atom stereocenters. The van der Waals surface area contributed by atoms with Crippen LogP contribution in [-0.2, 0) is 5.54 Å². The van der Waals surface area contributed by atoms with E-state index in [1.807, 2.05) is 4.68 Å². The van der Waals surface area contributed by atoms with E-state index >= 15 is 0 Å². The van der Waals surface area contributed by atoms with Crippen molar-refractivity contribution in [3.05, 3.63) is 10.7 Å². The molecule has 2 heterocycles. The van der Waals surface area contributed by atoms with Crippen LogP contribution < -0.4 is 4.74 Å². The highest BCUT2D eigenvalue weighted by Gasteiger charge is 2.30. The van der Waals surface area contributed by atoms with Gasteiger partial charge in [0.1, 0.15) is 0 Å². The number of halogens is 1. The van der Waals surface area contributed by atoms with Crippen molar-refractivity contribution in [3.8, 4) is 5.88 Å². The fourth-order valence-corrected chi connectivity index (χ4v) is 1.76. The molecule has 4 heteroatoms. The van der Waals surface area contributed by atoms with Crippen molar-refractivity contribution in [1.82, 2.24) is 9.78 Å². The van der Waals surface area contributed by atoms with Crippen LogP contribution >= 0.6 is 15.9 Å². The Balaban J connectivity index is 2.53. The molecule has 0 aromatic carbocycles. The van der Waals surface area contributed by atoms with Crippen LogP contribution in [0.15, 0.2) is 10.7 Å². The number of hydrogen-bond acceptors (Lipinski definition) is 2. The molecule has 0 fully saturated rings. The van der Waals surface area contributed by atoms with Gasteiger partial charge in [0, 0.05) is 6.42 Å². The lowest BCUT2D eigenvalue weighted by molar-refractivity contribution is 0.137. The predicted molar refractivity (Wildman–Crippen MR) is 49.4 cm³/mol. The van der Waals surface area contributed by atoms with E-state index in [0.717, 1.165) is 23.4 Å². The van der Waals surface area contributed by atoms with Crippen molar-refractivity contribution < 1.29 is 4.74 Å². The molecule has 0 N–H and O–H groups in total. The number of nitrogens with zero attached hydrogens (tertiary/aromatic N) is 2. The van der Waals surface area contributed by atoms with E-state index in [4.69, 9.17) is 4.74 Å². The molecule has 0 spiro atoms. The average Bonchev–Trinajstić information content (AvgIpc) is 2.33. The van der Waals surface area contributed by atoms with Crippen molar-refractivity contribution >= 4 is 15.9 Å². The van der Waals surface area contributed by atoms with Gasteiger partial charge < -0.3 is 4.74 Å². The summed E-state index contributed by atoms with van der Waals surface area (Å²) < 4.78 is 8.35. The van der Waals surface area contributed by atoms with Gasteiger partial charge >= 0.3 is 0 Å². The molecule has 1 aromatic rings. The first-order chi connectivity index (χ1) is 5.61. The van der Waals surface area contributed by atoms with Crippen LogP contribution in [0.1, 0.15) is 20.3 Å². The highest BCUT2D eigenvalue weighted by Crippen LogP contribution is 2.35. The minimum atomic E-state index is 0.0829. The monoisotopic (exact) mass is 230 g/mol. The van der Waals surface area contributed by atoms with E-state index < -0.39 is 0 Å². The Morgan fingerprint density at radius 2 is 2.42 bits per heavy atom. The average molecular weight is 231 g/mol. The zero-order chi connectivity index (χ0) is 8.77. The Labute approximate surface area is 79.8 Å². The Bertz CT molecular complexity index is 306. The maximum atomic E-state index is 5.48. The number of fused-ring (bicyclic) bond motifs is 1. The lowest BCUT2D eigenvalue weighted by Gasteiger charge is -2.31. The summed E-state index contributed by atoms with van der Waals surface area (Å²) in [6.07, 6.45) is 2.79. The van der Waals surface area contributed by atoms with E-state index in [1.165, 1.54) is 0 Å². The maximum absolute atomic E-state index is 5.48. The number of rotatable bonds is 0. The molecule has 0 radical (unpaired) electrons. The van der Waals surface area contributed by atoms with Crippen molar-refractivity contribution in [1.29, 1.82) is 0 Å². The van der Waals surface area contributed by atoms with E-state index in [9.17, 15) is 0 Å². The van der Waals surface area contributed by atoms with Gasteiger partial charge in [-0.3, -0.25) is 0 Å². The first-order valence-corrected chi connectivity index (χ1v) is 4.77. The third kappa shape index (κ3) is 1.05. The van der Waals surface area contributed by atoms with Crippen LogP contribution in [0.4, 0.5) is 0 Å². The molecule has 0 amide bonds. The zero-order valence-electron chi connectivity index (χ0n) is 7.17. The van der Waals surface area contributed by atoms with Gasteiger partial charge in [-0.2, -0.15) is 5.10 Å².